The number of ether oxygens (including phenoxy) is 1. The molecule has 0 amide bonds. The Bertz CT molecular complexity index is 908. The molecule has 1 aliphatic carbocycles. The molecule has 0 N–H and O–H groups in total. The van der Waals surface area contributed by atoms with Gasteiger partial charge in [-0.1, -0.05) is 19.6 Å². The highest BCUT2D eigenvalue weighted by atomic mass is 127. The third kappa shape index (κ3) is 5.13. The van der Waals surface area contributed by atoms with Crippen LogP contribution in [0.5, 0.6) is 0 Å². The summed E-state index contributed by atoms with van der Waals surface area (Å²) in [6.45, 7) is 9.76. The smallest absolute Gasteiger partial charge is 0.261 e. The Morgan fingerprint density at radius 1 is 1.25 bits per heavy atom. The van der Waals surface area contributed by atoms with E-state index in [2.05, 4.69) is 47.3 Å². The van der Waals surface area contributed by atoms with E-state index in [1.165, 1.54) is 0 Å². The van der Waals surface area contributed by atoms with Crippen molar-refractivity contribution in [1.29, 1.82) is 0 Å². The van der Waals surface area contributed by atoms with Gasteiger partial charge in [0.2, 0.25) is 0 Å². The minimum absolute atomic E-state index is 0.00930. The Kier molecular flexibility index (Phi) is 6.81. The summed E-state index contributed by atoms with van der Waals surface area (Å²) in [4.78, 5) is 24.7. The maximum atomic E-state index is 13.1. The molecule has 1 aliphatic rings. The van der Waals surface area contributed by atoms with Crippen molar-refractivity contribution in [3.05, 3.63) is 26.3 Å². The second-order valence-electron chi connectivity index (χ2n) is 9.08. The average molecular weight is 515 g/mol. The van der Waals surface area contributed by atoms with Gasteiger partial charge in [0.15, 0.2) is 0 Å². The Morgan fingerprint density at radius 3 is 2.54 bits per heavy atom. The van der Waals surface area contributed by atoms with Crippen LogP contribution in [0.15, 0.2) is 17.2 Å². The summed E-state index contributed by atoms with van der Waals surface area (Å²) in [6.07, 6.45) is 7.22. The lowest BCUT2D eigenvalue weighted by Gasteiger charge is -2.28. The van der Waals surface area contributed by atoms with Crippen molar-refractivity contribution in [2.45, 2.75) is 71.1 Å². The van der Waals surface area contributed by atoms with Crippen molar-refractivity contribution < 1.29 is 9.53 Å². The monoisotopic (exact) mass is 515 g/mol. The van der Waals surface area contributed by atoms with Crippen LogP contribution in [0.2, 0.25) is 25.7 Å². The zero-order chi connectivity index (χ0) is 20.5. The molecule has 1 fully saturated rings. The van der Waals surface area contributed by atoms with E-state index in [9.17, 15) is 9.59 Å². The molecule has 2 aromatic rings. The van der Waals surface area contributed by atoms with Crippen LogP contribution in [-0.2, 0) is 16.3 Å². The predicted molar refractivity (Wildman–Crippen MR) is 122 cm³/mol. The molecule has 0 bridgehead atoms. The lowest BCUT2D eigenvalue weighted by Crippen LogP contribution is -2.29. The van der Waals surface area contributed by atoms with E-state index in [1.807, 2.05) is 17.0 Å². The lowest BCUT2D eigenvalue weighted by molar-refractivity contribution is -0.121. The van der Waals surface area contributed by atoms with Crippen molar-refractivity contribution in [1.82, 2.24) is 14.3 Å². The highest BCUT2D eigenvalue weighted by Gasteiger charge is 2.26. The van der Waals surface area contributed by atoms with Crippen molar-refractivity contribution in [3.8, 4) is 0 Å². The molecule has 0 saturated heterocycles. The van der Waals surface area contributed by atoms with Gasteiger partial charge in [-0.3, -0.25) is 9.59 Å². The van der Waals surface area contributed by atoms with Crippen LogP contribution in [0.25, 0.3) is 10.9 Å². The third-order valence-corrected chi connectivity index (χ3v) is 8.08. The van der Waals surface area contributed by atoms with E-state index < -0.39 is 8.07 Å². The number of ketones is 1. The van der Waals surface area contributed by atoms with Crippen LogP contribution in [0.3, 0.4) is 0 Å². The van der Waals surface area contributed by atoms with Gasteiger partial charge in [-0.2, -0.15) is 5.10 Å². The molecule has 1 saturated carbocycles. The normalized spacial score (nSPS) is 20.6. The number of fused-ring (bicyclic) bond motifs is 1. The number of pyridine rings is 1. The average Bonchev–Trinajstić information content (AvgIpc) is 3.06. The fourth-order valence-electron chi connectivity index (χ4n) is 3.77. The van der Waals surface area contributed by atoms with Gasteiger partial charge in [-0.05, 0) is 61.2 Å². The zero-order valence-corrected chi connectivity index (χ0v) is 20.4. The summed E-state index contributed by atoms with van der Waals surface area (Å²) in [5.41, 5.74) is 0.753. The molecule has 0 radical (unpaired) electrons. The number of nitrogens with zero attached hydrogens (tertiary/aromatic N) is 3. The highest BCUT2D eigenvalue weighted by Crippen LogP contribution is 2.32. The summed E-state index contributed by atoms with van der Waals surface area (Å²) in [5, 5.41) is 5.21. The molecule has 2 aromatic heterocycles. The number of halogens is 1. The Labute approximate surface area is 180 Å². The van der Waals surface area contributed by atoms with Crippen molar-refractivity contribution in [2.75, 3.05) is 6.61 Å². The largest absolute Gasteiger partial charge is 0.360 e. The van der Waals surface area contributed by atoms with E-state index >= 15 is 0 Å². The Balaban J connectivity index is 1.75. The van der Waals surface area contributed by atoms with Crippen LogP contribution in [-0.4, -0.2) is 34.8 Å². The summed E-state index contributed by atoms with van der Waals surface area (Å²) >= 11 is 2.26. The van der Waals surface area contributed by atoms with Crippen molar-refractivity contribution in [2.24, 2.45) is 5.92 Å². The molecule has 2 heterocycles. The second kappa shape index (κ2) is 8.79. The van der Waals surface area contributed by atoms with E-state index in [-0.39, 0.29) is 23.3 Å². The second-order valence-corrected chi connectivity index (χ2v) is 15.9. The number of rotatable bonds is 7. The lowest BCUT2D eigenvalue weighted by atomic mass is 9.84. The van der Waals surface area contributed by atoms with E-state index in [0.29, 0.717) is 12.1 Å². The van der Waals surface area contributed by atoms with Crippen LogP contribution < -0.4 is 5.56 Å². The third-order valence-electron chi connectivity index (χ3n) is 5.59. The molecular weight excluding hydrogens is 485 g/mol. The number of carbonyl (C=O) groups is 1. The fourth-order valence-corrected chi connectivity index (χ4v) is 5.22. The number of hydrogen-bond acceptors (Lipinski definition) is 4. The number of carbonyl (C=O) groups excluding carboxylic acids is 1. The number of hydrogen-bond donors (Lipinski definition) is 0. The van der Waals surface area contributed by atoms with Gasteiger partial charge in [-0.25, -0.2) is 4.68 Å². The zero-order valence-electron chi connectivity index (χ0n) is 17.2. The predicted octanol–water partition coefficient (Wildman–Crippen LogP) is 4.44. The Morgan fingerprint density at radius 2 is 1.93 bits per heavy atom. The van der Waals surface area contributed by atoms with E-state index in [1.54, 1.807) is 11.6 Å². The van der Waals surface area contributed by atoms with Gasteiger partial charge >= 0.3 is 0 Å². The molecule has 0 unspecified atom stereocenters. The summed E-state index contributed by atoms with van der Waals surface area (Å²) in [5.74, 6) is 0.428. The maximum absolute atomic E-state index is 13.1. The van der Waals surface area contributed by atoms with Gasteiger partial charge < -0.3 is 9.30 Å². The van der Waals surface area contributed by atoms with Crippen LogP contribution in [0.1, 0.15) is 38.6 Å². The van der Waals surface area contributed by atoms with Crippen molar-refractivity contribution >= 4 is 47.4 Å². The first kappa shape index (κ1) is 21.7. The first-order valence-corrected chi connectivity index (χ1v) is 14.8. The van der Waals surface area contributed by atoms with Crippen LogP contribution in [0.4, 0.5) is 0 Å². The molecule has 0 spiro atoms. The topological polar surface area (TPSA) is 66.1 Å². The first-order valence-electron chi connectivity index (χ1n) is 10.0. The molecule has 6 nitrogen and oxygen atoms in total. The van der Waals surface area contributed by atoms with Gasteiger partial charge in [-0.15, -0.1) is 0 Å². The minimum atomic E-state index is -1.11. The highest BCUT2D eigenvalue weighted by molar-refractivity contribution is 14.1. The summed E-state index contributed by atoms with van der Waals surface area (Å²) in [7, 11) is -1.11. The summed E-state index contributed by atoms with van der Waals surface area (Å²) in [6, 6.07) is 1.28. The summed E-state index contributed by atoms with van der Waals surface area (Å²) < 4.78 is 10.3. The maximum Gasteiger partial charge on any atom is 0.261 e. The van der Waals surface area contributed by atoms with Crippen LogP contribution in [0, 0.1) is 9.49 Å². The fraction of sp³-hybridized carbons (Fsp3) is 0.650. The molecular formula is C20H30IN3O3Si. The molecule has 0 aliphatic heterocycles. The quantitative estimate of drug-likeness (QED) is 0.311. The molecule has 8 heteroatoms. The van der Waals surface area contributed by atoms with E-state index in [4.69, 9.17) is 4.74 Å². The van der Waals surface area contributed by atoms with Gasteiger partial charge in [0.1, 0.15) is 18.0 Å². The molecule has 154 valence electrons. The molecule has 3 rings (SSSR count). The van der Waals surface area contributed by atoms with Crippen molar-refractivity contribution in [3.63, 3.8) is 0 Å². The van der Waals surface area contributed by atoms with Crippen LogP contribution >= 0.6 is 22.6 Å². The SMILES string of the molecule is CC(=O)C1CCC(n2cc(I)c3nn(COCC[Si](C)(C)C)cc3c2=O)CC1. The van der Waals surface area contributed by atoms with Gasteiger partial charge in [0.25, 0.3) is 5.56 Å². The van der Waals surface area contributed by atoms with Gasteiger partial charge in [0.05, 0.1) is 8.96 Å². The number of aromatic nitrogens is 3. The molecule has 28 heavy (non-hydrogen) atoms. The molecule has 0 aromatic carbocycles. The Hall–Kier alpha value is -1.00. The number of Topliss-reactive ketones (excluding diaryl/α,β-unsaturated/α-hetero) is 1. The van der Waals surface area contributed by atoms with Gasteiger partial charge in [0, 0.05) is 39.0 Å². The minimum Gasteiger partial charge on any atom is -0.360 e. The standard InChI is InChI=1S/C20H30IN3O3Si/c1-14(25)15-5-7-16(8-6-15)24-12-18(21)19-17(20(24)26)11-23(22-19)13-27-9-10-28(2,3)4/h11-12,15-16H,5-10,13H2,1-4H3. The molecule has 0 atom stereocenters. The first-order chi connectivity index (χ1) is 13.2. The van der Waals surface area contributed by atoms with E-state index in [0.717, 1.165) is 47.4 Å².